The molecule has 0 saturated carbocycles. The Balaban J connectivity index is 1.97. The zero-order valence-electron chi connectivity index (χ0n) is 11.6. The van der Waals surface area contributed by atoms with Gasteiger partial charge in [-0.2, -0.15) is 0 Å². The highest BCUT2D eigenvalue weighted by Crippen LogP contribution is 2.36. The zero-order chi connectivity index (χ0) is 13.8. The normalized spacial score (nSPS) is 19.4. The van der Waals surface area contributed by atoms with Gasteiger partial charge in [0.25, 0.3) is 0 Å². The van der Waals surface area contributed by atoms with Gasteiger partial charge in [0.05, 0.1) is 12.6 Å². The number of hydrogen-bond donors (Lipinski definition) is 1. The van der Waals surface area contributed by atoms with E-state index < -0.39 is 0 Å². The first kappa shape index (κ1) is 13.2. The van der Waals surface area contributed by atoms with Crippen LogP contribution in [0.5, 0.6) is 0 Å². The molecule has 4 heteroatoms. The molecule has 0 fully saturated rings. The average molecular weight is 269 g/mol. The Morgan fingerprint density at radius 2 is 2.10 bits per heavy atom. The number of likely N-dealkylation sites (N-methyl/N-ethyl adjacent to an activating group) is 1. The van der Waals surface area contributed by atoms with E-state index >= 15 is 0 Å². The van der Waals surface area contributed by atoms with Crippen molar-refractivity contribution >= 4 is 0 Å². The summed E-state index contributed by atoms with van der Waals surface area (Å²) in [5.41, 5.74) is 3.72. The fraction of sp³-hybridized carbons (Fsp3) is 0.375. The molecule has 2 unspecified atom stereocenters. The molecule has 1 aliphatic rings. The smallest absolute Gasteiger partial charge is 0.115 e. The Morgan fingerprint density at radius 1 is 1.30 bits per heavy atom. The van der Waals surface area contributed by atoms with Crippen LogP contribution in [0.1, 0.15) is 35.8 Å². The third-order valence-electron chi connectivity index (χ3n) is 3.70. The molecule has 1 aliphatic heterocycles. The Bertz CT molecular complexity index is 559. The highest BCUT2D eigenvalue weighted by molar-refractivity contribution is 5.33. The van der Waals surface area contributed by atoms with E-state index in [1.807, 2.05) is 12.4 Å². The van der Waals surface area contributed by atoms with Gasteiger partial charge in [0.1, 0.15) is 12.4 Å². The molecule has 0 spiro atoms. The molecule has 2 atom stereocenters. The highest BCUT2D eigenvalue weighted by atomic mass is 16.5. The lowest BCUT2D eigenvalue weighted by Gasteiger charge is -2.33. The van der Waals surface area contributed by atoms with Crippen molar-refractivity contribution in [3.05, 3.63) is 59.7 Å². The van der Waals surface area contributed by atoms with Crippen LogP contribution in [0, 0.1) is 0 Å². The molecule has 104 valence electrons. The van der Waals surface area contributed by atoms with E-state index in [4.69, 9.17) is 4.74 Å². The first-order chi connectivity index (χ1) is 9.90. The molecular weight excluding hydrogens is 250 g/mol. The molecular formula is C16H19N3O. The van der Waals surface area contributed by atoms with Gasteiger partial charge < -0.3 is 10.1 Å². The van der Waals surface area contributed by atoms with Gasteiger partial charge in [0.15, 0.2) is 0 Å². The third kappa shape index (κ3) is 2.57. The summed E-state index contributed by atoms with van der Waals surface area (Å²) in [5.74, 6) is 0. The van der Waals surface area contributed by atoms with Crippen molar-refractivity contribution in [3.8, 4) is 0 Å². The molecule has 4 nitrogen and oxygen atoms in total. The van der Waals surface area contributed by atoms with Gasteiger partial charge in [0, 0.05) is 18.0 Å². The first-order valence-corrected chi connectivity index (χ1v) is 7.08. The molecule has 1 aromatic carbocycles. The second-order valence-electron chi connectivity index (χ2n) is 4.95. The van der Waals surface area contributed by atoms with Gasteiger partial charge in [-0.15, -0.1) is 0 Å². The Labute approximate surface area is 119 Å². The molecule has 0 radical (unpaired) electrons. The molecule has 2 aromatic rings. The number of aromatic nitrogens is 2. The first-order valence-electron chi connectivity index (χ1n) is 7.08. The maximum Gasteiger partial charge on any atom is 0.115 e. The Morgan fingerprint density at radius 3 is 2.90 bits per heavy atom. The van der Waals surface area contributed by atoms with E-state index in [1.54, 1.807) is 6.33 Å². The third-order valence-corrected chi connectivity index (χ3v) is 3.70. The second-order valence-corrected chi connectivity index (χ2v) is 4.95. The number of benzene rings is 1. The van der Waals surface area contributed by atoms with Crippen molar-refractivity contribution < 1.29 is 4.74 Å². The number of ether oxygens (including phenoxy) is 1. The van der Waals surface area contributed by atoms with Crippen LogP contribution in [0.15, 0.2) is 43.0 Å². The van der Waals surface area contributed by atoms with Crippen LogP contribution in [0.4, 0.5) is 0 Å². The molecule has 1 N–H and O–H groups in total. The molecule has 3 rings (SSSR count). The Kier molecular flexibility index (Phi) is 4.04. The van der Waals surface area contributed by atoms with Crippen molar-refractivity contribution in [2.75, 3.05) is 13.2 Å². The minimum atomic E-state index is 0.0194. The van der Waals surface area contributed by atoms with Gasteiger partial charge in [-0.05, 0) is 24.1 Å². The number of fused-ring (bicyclic) bond motifs is 1. The summed E-state index contributed by atoms with van der Waals surface area (Å²) in [6.45, 7) is 3.74. The summed E-state index contributed by atoms with van der Waals surface area (Å²) in [6.07, 6.45) is 6.28. The van der Waals surface area contributed by atoms with E-state index in [9.17, 15) is 0 Å². The maximum atomic E-state index is 6.06. The zero-order valence-corrected chi connectivity index (χ0v) is 11.6. The molecule has 0 bridgehead atoms. The largest absolute Gasteiger partial charge is 0.371 e. The highest BCUT2D eigenvalue weighted by Gasteiger charge is 2.29. The van der Waals surface area contributed by atoms with Crippen LogP contribution >= 0.6 is 0 Å². The van der Waals surface area contributed by atoms with Gasteiger partial charge in [-0.1, -0.05) is 31.2 Å². The van der Waals surface area contributed by atoms with Crippen molar-refractivity contribution in [3.63, 3.8) is 0 Å². The van der Waals surface area contributed by atoms with Crippen molar-refractivity contribution in [1.82, 2.24) is 15.3 Å². The SMILES string of the molecule is CCNC(c1cncnc1)C1OCCc2ccccc21. The number of rotatable bonds is 4. The molecule has 2 heterocycles. The number of nitrogens with one attached hydrogen (secondary N) is 1. The predicted molar refractivity (Wildman–Crippen MR) is 77.3 cm³/mol. The number of hydrogen-bond acceptors (Lipinski definition) is 4. The van der Waals surface area contributed by atoms with Crippen LogP contribution in [0.3, 0.4) is 0 Å². The average Bonchev–Trinajstić information content (AvgIpc) is 2.53. The molecule has 0 saturated heterocycles. The lowest BCUT2D eigenvalue weighted by Crippen LogP contribution is -2.31. The topological polar surface area (TPSA) is 47.0 Å². The summed E-state index contributed by atoms with van der Waals surface area (Å²) < 4.78 is 6.06. The fourth-order valence-electron chi connectivity index (χ4n) is 2.79. The lowest BCUT2D eigenvalue weighted by atomic mass is 9.91. The van der Waals surface area contributed by atoms with Crippen molar-refractivity contribution in [2.45, 2.75) is 25.5 Å². The fourth-order valence-corrected chi connectivity index (χ4v) is 2.79. The quantitative estimate of drug-likeness (QED) is 0.926. The van der Waals surface area contributed by atoms with E-state index in [0.717, 1.165) is 25.1 Å². The van der Waals surface area contributed by atoms with E-state index in [-0.39, 0.29) is 12.1 Å². The molecule has 0 amide bonds. The van der Waals surface area contributed by atoms with Gasteiger partial charge in [0.2, 0.25) is 0 Å². The second kappa shape index (κ2) is 6.11. The molecule has 1 aromatic heterocycles. The molecule has 20 heavy (non-hydrogen) atoms. The monoisotopic (exact) mass is 269 g/mol. The molecule has 0 aliphatic carbocycles. The van der Waals surface area contributed by atoms with Crippen LogP contribution in [0.25, 0.3) is 0 Å². The minimum Gasteiger partial charge on any atom is -0.371 e. The van der Waals surface area contributed by atoms with Gasteiger partial charge in [-0.3, -0.25) is 0 Å². The standard InChI is InChI=1S/C16H19N3O/c1-2-19-15(13-9-17-11-18-10-13)16-14-6-4-3-5-12(14)7-8-20-16/h3-6,9-11,15-16,19H,2,7-8H2,1H3. The van der Waals surface area contributed by atoms with Crippen LogP contribution in [-0.4, -0.2) is 23.1 Å². The lowest BCUT2D eigenvalue weighted by molar-refractivity contribution is 0.0149. The summed E-state index contributed by atoms with van der Waals surface area (Å²) in [6, 6.07) is 8.60. The summed E-state index contributed by atoms with van der Waals surface area (Å²) >= 11 is 0. The van der Waals surface area contributed by atoms with Gasteiger partial charge >= 0.3 is 0 Å². The van der Waals surface area contributed by atoms with Crippen LogP contribution < -0.4 is 5.32 Å². The summed E-state index contributed by atoms with van der Waals surface area (Å²) in [5, 5.41) is 3.50. The van der Waals surface area contributed by atoms with Crippen LogP contribution in [-0.2, 0) is 11.2 Å². The predicted octanol–water partition coefficient (Wildman–Crippen LogP) is 2.44. The number of nitrogens with zero attached hydrogens (tertiary/aromatic N) is 2. The minimum absolute atomic E-state index is 0.0194. The maximum absolute atomic E-state index is 6.06. The van der Waals surface area contributed by atoms with Crippen molar-refractivity contribution in [1.29, 1.82) is 0 Å². The summed E-state index contributed by atoms with van der Waals surface area (Å²) in [7, 11) is 0. The van der Waals surface area contributed by atoms with Crippen LogP contribution in [0.2, 0.25) is 0 Å². The van der Waals surface area contributed by atoms with E-state index in [1.165, 1.54) is 11.1 Å². The van der Waals surface area contributed by atoms with Gasteiger partial charge in [-0.25, -0.2) is 9.97 Å². The summed E-state index contributed by atoms with van der Waals surface area (Å²) in [4.78, 5) is 8.26. The van der Waals surface area contributed by atoms with E-state index in [2.05, 4.69) is 46.5 Å². The Hall–Kier alpha value is -1.78. The van der Waals surface area contributed by atoms with Crippen molar-refractivity contribution in [2.24, 2.45) is 0 Å². The van der Waals surface area contributed by atoms with E-state index in [0.29, 0.717) is 0 Å².